The van der Waals surface area contributed by atoms with Crippen LogP contribution in [0.4, 0.5) is 4.79 Å². The standard InChI is InChI=1S/C45H61N9O7S/c1-9-53-35-14-13-29-22-31(35)32(39(53)30-12-10-16-47-37(30)28(4)60-8)24-44(5,6)26-61-42(57)45(59)15-11-19-54(50-45)41(56)33(23-36-48-34(29)25-62-36)49-40(55)38(27(2)3)51(7)43(58)52-20-17-46-18-21-52/h10,12-14,16,22,25,27-28,33,38,46,50,59H,9,11,15,17-21,23-24,26H2,1-8H3,(H,49,55)/t28-,33-,38-,45-/m0/s1. The van der Waals surface area contributed by atoms with E-state index in [2.05, 4.69) is 51.8 Å². The number of fused-ring (bicyclic) bond motifs is 6. The minimum Gasteiger partial charge on any atom is -0.462 e. The summed E-state index contributed by atoms with van der Waals surface area (Å²) in [4.78, 5) is 69.4. The average Bonchev–Trinajstić information content (AvgIpc) is 3.85. The van der Waals surface area contributed by atoms with E-state index in [9.17, 15) is 24.3 Å². The summed E-state index contributed by atoms with van der Waals surface area (Å²) in [7, 11) is 3.28. The lowest BCUT2D eigenvalue weighted by Crippen LogP contribution is -2.67. The number of methoxy groups -OCH3 is 1. The van der Waals surface area contributed by atoms with Gasteiger partial charge in [-0.15, -0.1) is 11.3 Å². The first kappa shape index (κ1) is 45.1. The molecule has 0 saturated carbocycles. The Morgan fingerprint density at radius 3 is 2.61 bits per heavy atom. The van der Waals surface area contributed by atoms with Gasteiger partial charge in [-0.2, -0.15) is 5.43 Å². The number of piperazine rings is 1. The number of benzene rings is 1. The molecule has 0 unspecified atom stereocenters. The maximum absolute atomic E-state index is 14.6. The number of esters is 1. The second kappa shape index (κ2) is 18.4. The number of aromatic nitrogens is 3. The number of carbonyl (C=O) groups excluding carboxylic acids is 4. The molecule has 62 heavy (non-hydrogen) atoms. The van der Waals surface area contributed by atoms with Gasteiger partial charge in [-0.1, -0.05) is 33.8 Å². The van der Waals surface area contributed by atoms with Gasteiger partial charge in [-0.3, -0.25) is 19.6 Å². The van der Waals surface area contributed by atoms with Crippen molar-refractivity contribution in [3.63, 3.8) is 0 Å². The lowest BCUT2D eigenvalue weighted by Gasteiger charge is -2.40. The van der Waals surface area contributed by atoms with Crippen molar-refractivity contribution in [1.29, 1.82) is 0 Å². The molecule has 0 spiro atoms. The number of cyclic esters (lactones) is 1. The van der Waals surface area contributed by atoms with Crippen LogP contribution < -0.4 is 16.1 Å². The third kappa shape index (κ3) is 9.09. The number of urea groups is 1. The highest BCUT2D eigenvalue weighted by Gasteiger charge is 2.45. The van der Waals surface area contributed by atoms with Gasteiger partial charge in [0.1, 0.15) is 12.1 Å². The largest absolute Gasteiger partial charge is 0.462 e. The molecule has 4 aromatic rings. The van der Waals surface area contributed by atoms with E-state index < -0.39 is 41.0 Å². The number of hydrogen-bond acceptors (Lipinski definition) is 12. The lowest BCUT2D eigenvalue weighted by molar-refractivity contribution is -0.189. The molecule has 3 aromatic heterocycles. The van der Waals surface area contributed by atoms with Gasteiger partial charge in [0, 0.05) is 105 Å². The summed E-state index contributed by atoms with van der Waals surface area (Å²) in [5, 5.41) is 22.8. The van der Waals surface area contributed by atoms with Crippen molar-refractivity contribution in [3.8, 4) is 22.5 Å². The van der Waals surface area contributed by atoms with Crippen molar-refractivity contribution in [2.75, 3.05) is 53.5 Å². The second-order valence-electron chi connectivity index (χ2n) is 17.8. The van der Waals surface area contributed by atoms with Gasteiger partial charge in [-0.25, -0.2) is 14.6 Å². The minimum absolute atomic E-state index is 0.00956. The highest BCUT2D eigenvalue weighted by molar-refractivity contribution is 7.10. The molecule has 0 radical (unpaired) electrons. The highest BCUT2D eigenvalue weighted by Crippen LogP contribution is 2.42. The topological polar surface area (TPSA) is 183 Å². The molecule has 2 fully saturated rings. The van der Waals surface area contributed by atoms with E-state index in [1.807, 2.05) is 46.1 Å². The Hall–Kier alpha value is -4.94. The number of rotatable bonds is 8. The molecule has 6 bridgehead atoms. The van der Waals surface area contributed by atoms with E-state index in [4.69, 9.17) is 19.4 Å². The van der Waals surface area contributed by atoms with E-state index >= 15 is 0 Å². The number of aliphatic hydroxyl groups is 1. The first-order valence-corrected chi connectivity index (χ1v) is 22.5. The molecular formula is C45H61N9O7S. The number of carbonyl (C=O) groups is 4. The molecule has 4 N–H and O–H groups in total. The fourth-order valence-corrected chi connectivity index (χ4v) is 9.83. The Bertz CT molecular complexity index is 2300. The fraction of sp³-hybridized carbons (Fsp3) is 0.556. The molecule has 4 atom stereocenters. The molecule has 16 nitrogen and oxygen atoms in total. The second-order valence-corrected chi connectivity index (χ2v) is 18.8. The van der Waals surface area contributed by atoms with Crippen LogP contribution in [0.1, 0.15) is 76.8 Å². The molecule has 17 heteroatoms. The van der Waals surface area contributed by atoms with Gasteiger partial charge in [0.05, 0.1) is 34.8 Å². The Balaban J connectivity index is 1.31. The summed E-state index contributed by atoms with van der Waals surface area (Å²) >= 11 is 1.38. The zero-order chi connectivity index (χ0) is 44.5. The predicted octanol–water partition coefficient (Wildman–Crippen LogP) is 4.50. The van der Waals surface area contributed by atoms with Crippen molar-refractivity contribution in [2.45, 2.75) is 97.7 Å². The van der Waals surface area contributed by atoms with Gasteiger partial charge in [-0.05, 0) is 62.4 Å². The SMILES string of the molecule is CCn1c(-c2cccnc2[C@H](C)OC)c2c3cc(ccc31)-c1csc(n1)C[C@H](NC(=O)[C@H](C(C)C)N(C)C(=O)N1CCNCC1)C(=O)N1CCC[C@@](O)(N1)C(=O)OCC(C)(C)C2. The van der Waals surface area contributed by atoms with Gasteiger partial charge in [0.25, 0.3) is 5.91 Å². The maximum Gasteiger partial charge on any atom is 0.355 e. The number of pyridine rings is 1. The average molecular weight is 872 g/mol. The third-order valence-electron chi connectivity index (χ3n) is 12.3. The number of ether oxygens (including phenoxy) is 2. The zero-order valence-electron chi connectivity index (χ0n) is 37.1. The Morgan fingerprint density at radius 1 is 1.15 bits per heavy atom. The van der Waals surface area contributed by atoms with Crippen molar-refractivity contribution in [1.82, 2.24) is 45.4 Å². The Labute approximate surface area is 367 Å². The third-order valence-corrected chi connectivity index (χ3v) is 13.1. The molecule has 3 aliphatic heterocycles. The quantitative estimate of drug-likeness (QED) is 0.183. The van der Waals surface area contributed by atoms with Crippen LogP contribution in [0.2, 0.25) is 0 Å². The first-order chi connectivity index (χ1) is 29.6. The van der Waals surface area contributed by atoms with Crippen LogP contribution >= 0.6 is 11.3 Å². The number of hydrogen-bond donors (Lipinski definition) is 4. The van der Waals surface area contributed by atoms with Crippen LogP contribution in [-0.4, -0.2) is 130 Å². The van der Waals surface area contributed by atoms with E-state index in [1.165, 1.54) is 21.2 Å². The van der Waals surface area contributed by atoms with E-state index in [0.29, 0.717) is 50.6 Å². The van der Waals surface area contributed by atoms with Crippen molar-refractivity contribution < 1.29 is 33.8 Å². The summed E-state index contributed by atoms with van der Waals surface area (Å²) in [5.74, 6) is -2.24. The van der Waals surface area contributed by atoms with Crippen molar-refractivity contribution in [2.24, 2.45) is 11.3 Å². The maximum atomic E-state index is 14.6. The lowest BCUT2D eigenvalue weighted by atomic mass is 9.84. The summed E-state index contributed by atoms with van der Waals surface area (Å²) < 4.78 is 14.0. The Morgan fingerprint density at radius 2 is 1.90 bits per heavy atom. The van der Waals surface area contributed by atoms with Crippen LogP contribution in [0, 0.1) is 11.3 Å². The summed E-state index contributed by atoms with van der Waals surface area (Å²) in [6.45, 7) is 15.0. The first-order valence-electron chi connectivity index (χ1n) is 21.7. The number of likely N-dealkylation sites (N-methyl/N-ethyl adjacent to an activating group) is 1. The number of thiazole rings is 1. The minimum atomic E-state index is -2.20. The van der Waals surface area contributed by atoms with Crippen molar-refractivity contribution >= 4 is 46.1 Å². The smallest absolute Gasteiger partial charge is 0.355 e. The van der Waals surface area contributed by atoms with E-state index in [0.717, 1.165) is 44.7 Å². The van der Waals surface area contributed by atoms with Gasteiger partial charge < -0.3 is 39.6 Å². The molecular weight excluding hydrogens is 811 g/mol. The monoisotopic (exact) mass is 871 g/mol. The van der Waals surface area contributed by atoms with Crippen LogP contribution in [0.25, 0.3) is 33.4 Å². The molecule has 7 rings (SSSR count). The number of nitrogens with zero attached hydrogens (tertiary/aromatic N) is 6. The molecule has 2 saturated heterocycles. The summed E-state index contributed by atoms with van der Waals surface area (Å²) in [6, 6.07) is 7.98. The molecule has 3 aliphatic rings. The van der Waals surface area contributed by atoms with Crippen LogP contribution in [-0.2, 0) is 43.2 Å². The molecule has 6 heterocycles. The zero-order valence-corrected chi connectivity index (χ0v) is 37.9. The van der Waals surface area contributed by atoms with E-state index in [-0.39, 0.29) is 44.0 Å². The van der Waals surface area contributed by atoms with Crippen LogP contribution in [0.3, 0.4) is 0 Å². The predicted molar refractivity (Wildman–Crippen MR) is 237 cm³/mol. The molecule has 4 amide bonds. The van der Waals surface area contributed by atoms with Crippen LogP contribution in [0.5, 0.6) is 0 Å². The number of amides is 4. The number of nitrogens with one attached hydrogen (secondary N) is 3. The molecule has 1 aromatic carbocycles. The van der Waals surface area contributed by atoms with E-state index in [1.54, 1.807) is 25.3 Å². The van der Waals surface area contributed by atoms with Gasteiger partial charge in [0.15, 0.2) is 0 Å². The van der Waals surface area contributed by atoms with Crippen molar-refractivity contribution in [3.05, 3.63) is 58.2 Å². The normalized spacial score (nSPS) is 21.9. The summed E-state index contributed by atoms with van der Waals surface area (Å²) in [6.07, 6.45) is 2.33. The number of aryl methyl sites for hydroxylation is 1. The Kier molecular flexibility index (Phi) is 13.4. The fourth-order valence-electron chi connectivity index (χ4n) is 8.98. The molecule has 0 aliphatic carbocycles. The summed E-state index contributed by atoms with van der Waals surface area (Å²) in [5.41, 5.74) is 6.38. The highest BCUT2D eigenvalue weighted by atomic mass is 32.1. The van der Waals surface area contributed by atoms with Crippen LogP contribution in [0.15, 0.2) is 41.9 Å². The van der Waals surface area contributed by atoms with Gasteiger partial charge in [0.2, 0.25) is 11.6 Å². The molecule has 334 valence electrons. The number of hydrazine groups is 1. The van der Waals surface area contributed by atoms with Gasteiger partial charge >= 0.3 is 12.0 Å².